The van der Waals surface area contributed by atoms with E-state index < -0.39 is 0 Å². The molecule has 2 heterocycles. The zero-order chi connectivity index (χ0) is 15.1. The molecular weight excluding hydrogens is 328 g/mol. The number of rotatable bonds is 2. The molecule has 0 spiro atoms. The molecule has 2 aliphatic rings. The van der Waals surface area contributed by atoms with Crippen LogP contribution in [0.25, 0.3) is 0 Å². The van der Waals surface area contributed by atoms with Crippen LogP contribution < -0.4 is 4.90 Å². The van der Waals surface area contributed by atoms with Crippen molar-refractivity contribution < 1.29 is 4.79 Å². The first-order valence-electron chi connectivity index (χ1n) is 7.26. The lowest BCUT2D eigenvalue weighted by atomic mass is 10.1. The first-order valence-corrected chi connectivity index (χ1v) is 8.08. The lowest BCUT2D eigenvalue weighted by molar-refractivity contribution is 0.101. The molecule has 0 saturated heterocycles. The van der Waals surface area contributed by atoms with Crippen LogP contribution >= 0.6 is 24.2 Å². The Bertz CT molecular complexity index is 844. The Labute approximate surface area is 145 Å². The van der Waals surface area contributed by atoms with Gasteiger partial charge in [-0.05, 0) is 31.2 Å². The number of hydrogen-bond acceptors (Lipinski definition) is 3. The molecule has 1 amide bonds. The normalized spacial score (nSPS) is 16.9. The number of nitrogens with zero attached hydrogens (tertiary/aromatic N) is 2. The summed E-state index contributed by atoms with van der Waals surface area (Å²) in [5.74, 6) is -0.147. The predicted octanol–water partition coefficient (Wildman–Crippen LogP) is 4.52. The molecule has 0 aliphatic carbocycles. The van der Waals surface area contributed by atoms with Gasteiger partial charge in [0.15, 0.2) is 0 Å². The number of anilines is 1. The van der Waals surface area contributed by atoms with Crippen molar-refractivity contribution in [2.24, 2.45) is 4.99 Å². The molecule has 4 rings (SSSR count). The molecule has 3 nitrogen and oxygen atoms in total. The summed E-state index contributed by atoms with van der Waals surface area (Å²) in [5, 5.41) is 1.12. The Balaban J connectivity index is 0.00000156. The maximum atomic E-state index is 12.0. The minimum Gasteiger partial charge on any atom is -0.335 e. The van der Waals surface area contributed by atoms with E-state index in [2.05, 4.69) is 41.1 Å². The van der Waals surface area contributed by atoms with E-state index >= 15 is 0 Å². The number of carbonyl (C=O) groups is 1. The van der Waals surface area contributed by atoms with Crippen LogP contribution in [0.2, 0.25) is 0 Å². The molecule has 0 bridgehead atoms. The van der Waals surface area contributed by atoms with Gasteiger partial charge in [0.25, 0.3) is 5.91 Å². The van der Waals surface area contributed by atoms with Crippen molar-refractivity contribution in [3.8, 4) is 0 Å². The van der Waals surface area contributed by atoms with Gasteiger partial charge in [0.2, 0.25) is 0 Å². The molecule has 0 saturated carbocycles. The number of allylic oxidation sites excluding steroid dienone is 1. The van der Waals surface area contributed by atoms with Crippen LogP contribution in [0.15, 0.2) is 69.5 Å². The Morgan fingerprint density at radius 1 is 1.09 bits per heavy atom. The van der Waals surface area contributed by atoms with Crippen LogP contribution in [0.5, 0.6) is 0 Å². The third kappa shape index (κ3) is 2.58. The Kier molecular flexibility index (Phi) is 4.28. The van der Waals surface area contributed by atoms with Crippen LogP contribution in [0.3, 0.4) is 0 Å². The number of thioether (sulfide) groups is 1. The van der Waals surface area contributed by atoms with E-state index in [1.165, 1.54) is 10.6 Å². The molecule has 116 valence electrons. The number of hydrogen-bond donors (Lipinski definition) is 0. The number of amides is 1. The first kappa shape index (κ1) is 15.8. The van der Waals surface area contributed by atoms with E-state index in [4.69, 9.17) is 0 Å². The minimum absolute atomic E-state index is 0. The Morgan fingerprint density at radius 3 is 2.57 bits per heavy atom. The molecule has 0 N–H and O–H groups in total. The van der Waals surface area contributed by atoms with E-state index in [0.717, 1.165) is 22.8 Å². The smallest absolute Gasteiger partial charge is 0.278 e. The average molecular weight is 343 g/mol. The van der Waals surface area contributed by atoms with Gasteiger partial charge in [-0.3, -0.25) is 4.79 Å². The standard InChI is InChI=1S/C18H14N2OS.ClH/c1-2-20-15-9-5-6-10-16(15)22-17(20)11-14-12-7-3-4-8-13(12)18(21)19-14;/h3-11H,2H2,1H3;1H. The maximum Gasteiger partial charge on any atom is 0.278 e. The summed E-state index contributed by atoms with van der Waals surface area (Å²) in [6.45, 7) is 3.02. The molecule has 0 atom stereocenters. The number of aliphatic imine (C=N–C) groups is 1. The fraction of sp³-hybridized carbons (Fsp3) is 0.111. The highest BCUT2D eigenvalue weighted by Gasteiger charge is 2.26. The lowest BCUT2D eigenvalue weighted by Gasteiger charge is -2.17. The molecule has 2 aliphatic heterocycles. The third-order valence-corrected chi connectivity index (χ3v) is 4.98. The molecule has 2 aromatic carbocycles. The summed E-state index contributed by atoms with van der Waals surface area (Å²) in [4.78, 5) is 19.7. The van der Waals surface area contributed by atoms with Gasteiger partial charge >= 0.3 is 0 Å². The first-order chi connectivity index (χ1) is 10.8. The monoisotopic (exact) mass is 342 g/mol. The summed E-state index contributed by atoms with van der Waals surface area (Å²) in [5.41, 5.74) is 3.60. The highest BCUT2D eigenvalue weighted by Crippen LogP contribution is 2.45. The van der Waals surface area contributed by atoms with Crippen LogP contribution in [0.1, 0.15) is 22.8 Å². The minimum atomic E-state index is -0.147. The van der Waals surface area contributed by atoms with Crippen molar-refractivity contribution in [2.45, 2.75) is 11.8 Å². The number of carbonyl (C=O) groups excluding carboxylic acids is 1. The lowest BCUT2D eigenvalue weighted by Crippen LogP contribution is -2.17. The zero-order valence-corrected chi connectivity index (χ0v) is 14.2. The van der Waals surface area contributed by atoms with Crippen molar-refractivity contribution in [2.75, 3.05) is 11.4 Å². The van der Waals surface area contributed by atoms with Gasteiger partial charge in [-0.1, -0.05) is 42.1 Å². The highest BCUT2D eigenvalue weighted by atomic mass is 35.5. The molecule has 0 radical (unpaired) electrons. The van der Waals surface area contributed by atoms with Crippen molar-refractivity contribution >= 4 is 41.5 Å². The molecule has 0 aromatic heterocycles. The van der Waals surface area contributed by atoms with Crippen molar-refractivity contribution in [1.82, 2.24) is 0 Å². The van der Waals surface area contributed by atoms with E-state index in [1.807, 2.05) is 30.3 Å². The average Bonchev–Trinajstić information content (AvgIpc) is 3.06. The Hall–Kier alpha value is -2.04. The number of para-hydroxylation sites is 1. The predicted molar refractivity (Wildman–Crippen MR) is 98.0 cm³/mol. The summed E-state index contributed by atoms with van der Waals surface area (Å²) >= 11 is 1.73. The van der Waals surface area contributed by atoms with Crippen LogP contribution in [-0.4, -0.2) is 18.2 Å². The summed E-state index contributed by atoms with van der Waals surface area (Å²) in [6.07, 6.45) is 2.03. The van der Waals surface area contributed by atoms with Gasteiger partial charge in [0.05, 0.1) is 22.0 Å². The molecule has 2 aromatic rings. The Morgan fingerprint density at radius 2 is 1.78 bits per heavy atom. The van der Waals surface area contributed by atoms with E-state index in [1.54, 1.807) is 11.8 Å². The van der Waals surface area contributed by atoms with Crippen LogP contribution in [-0.2, 0) is 0 Å². The molecule has 23 heavy (non-hydrogen) atoms. The third-order valence-electron chi connectivity index (χ3n) is 3.87. The van der Waals surface area contributed by atoms with Crippen molar-refractivity contribution in [3.63, 3.8) is 0 Å². The van der Waals surface area contributed by atoms with Gasteiger partial charge in [-0.15, -0.1) is 12.4 Å². The van der Waals surface area contributed by atoms with Gasteiger partial charge < -0.3 is 4.90 Å². The van der Waals surface area contributed by atoms with E-state index in [-0.39, 0.29) is 18.3 Å². The summed E-state index contributed by atoms with van der Waals surface area (Å²) in [6, 6.07) is 16.0. The maximum absolute atomic E-state index is 12.0. The molecule has 5 heteroatoms. The second kappa shape index (κ2) is 6.22. The van der Waals surface area contributed by atoms with Gasteiger partial charge in [0, 0.05) is 17.0 Å². The largest absolute Gasteiger partial charge is 0.335 e. The van der Waals surface area contributed by atoms with Crippen LogP contribution in [0, 0.1) is 0 Å². The fourth-order valence-electron chi connectivity index (χ4n) is 2.84. The van der Waals surface area contributed by atoms with Crippen molar-refractivity contribution in [3.05, 3.63) is 70.8 Å². The molecule has 0 unspecified atom stereocenters. The fourth-order valence-corrected chi connectivity index (χ4v) is 4.00. The van der Waals surface area contributed by atoms with Gasteiger partial charge in [-0.2, -0.15) is 0 Å². The highest BCUT2D eigenvalue weighted by molar-refractivity contribution is 8.03. The van der Waals surface area contributed by atoms with Crippen LogP contribution in [0.4, 0.5) is 5.69 Å². The molecular formula is C18H15ClN2OS. The second-order valence-corrected chi connectivity index (χ2v) is 6.21. The topological polar surface area (TPSA) is 32.7 Å². The van der Waals surface area contributed by atoms with Crippen molar-refractivity contribution in [1.29, 1.82) is 0 Å². The number of halogens is 1. The second-order valence-electron chi connectivity index (χ2n) is 5.14. The van der Waals surface area contributed by atoms with Gasteiger partial charge in [-0.25, -0.2) is 4.99 Å². The summed E-state index contributed by atoms with van der Waals surface area (Å²) in [7, 11) is 0. The number of benzene rings is 2. The van der Waals surface area contributed by atoms with E-state index in [9.17, 15) is 4.79 Å². The quantitative estimate of drug-likeness (QED) is 0.804. The van der Waals surface area contributed by atoms with E-state index in [0.29, 0.717) is 5.56 Å². The molecule has 0 fully saturated rings. The number of fused-ring (bicyclic) bond motifs is 2. The van der Waals surface area contributed by atoms with Gasteiger partial charge in [0.1, 0.15) is 0 Å². The summed E-state index contributed by atoms with van der Waals surface area (Å²) < 4.78 is 0. The SMILES string of the molecule is CCN1C(=CC2=NC(=O)c3ccccc32)Sc2ccccc21.Cl. The zero-order valence-electron chi connectivity index (χ0n) is 12.5.